The van der Waals surface area contributed by atoms with Crippen molar-refractivity contribution < 1.29 is 4.74 Å². The molecular weight excluding hydrogens is 236 g/mol. The van der Waals surface area contributed by atoms with Crippen LogP contribution < -0.4 is 9.92 Å². The van der Waals surface area contributed by atoms with E-state index >= 15 is 0 Å². The van der Waals surface area contributed by atoms with Crippen LogP contribution in [0.4, 0.5) is 0 Å². The molecule has 0 amide bonds. The van der Waals surface area contributed by atoms with Gasteiger partial charge in [0.2, 0.25) is 0 Å². The van der Waals surface area contributed by atoms with Crippen LogP contribution in [-0.2, 0) is 0 Å². The molecule has 1 aromatic rings. The molecule has 0 saturated carbocycles. The maximum Gasteiger partial charge on any atom is 0.119 e. The van der Waals surface area contributed by atoms with Crippen molar-refractivity contribution in [1.29, 1.82) is 0 Å². The van der Waals surface area contributed by atoms with E-state index in [1.54, 1.807) is 5.19 Å². The summed E-state index contributed by atoms with van der Waals surface area (Å²) < 4.78 is 5.60. The summed E-state index contributed by atoms with van der Waals surface area (Å²) in [5.74, 6) is 2.25. The molecule has 0 bridgehead atoms. The van der Waals surface area contributed by atoms with Gasteiger partial charge in [-0.1, -0.05) is 31.3 Å². The average Bonchev–Trinajstić information content (AvgIpc) is 2.47. The number of rotatable bonds is 3. The van der Waals surface area contributed by atoms with Gasteiger partial charge in [-0.25, -0.2) is 0 Å². The minimum Gasteiger partial charge on any atom is -0.492 e. The van der Waals surface area contributed by atoms with Gasteiger partial charge in [0.1, 0.15) is 12.4 Å². The lowest BCUT2D eigenvalue weighted by atomic mass is 10.0. The first-order chi connectivity index (χ1) is 7.54. The summed E-state index contributed by atoms with van der Waals surface area (Å²) in [5, 5.41) is 1.58. The van der Waals surface area contributed by atoms with Gasteiger partial charge in [0.25, 0.3) is 0 Å². The van der Waals surface area contributed by atoms with Gasteiger partial charge in [-0.3, -0.25) is 0 Å². The molecule has 0 radical (unpaired) electrons. The topological polar surface area (TPSA) is 9.23 Å². The first kappa shape index (κ1) is 12.0. The Morgan fingerprint density at radius 2 is 2.19 bits per heavy atom. The Morgan fingerprint density at radius 3 is 2.88 bits per heavy atom. The molecule has 0 unspecified atom stereocenters. The fourth-order valence-corrected chi connectivity index (χ4v) is 6.47. The highest BCUT2D eigenvalue weighted by atomic mass is 35.5. The SMILES string of the molecule is C[C@H]1C[Si](C)(C)c2cc(OCCCl)ccc21. The second-order valence-electron chi connectivity index (χ2n) is 5.28. The predicted octanol–water partition coefficient (Wildman–Crippen LogP) is 3.34. The minimum absolute atomic E-state index is 0.550. The second-order valence-corrected chi connectivity index (χ2v) is 10.4. The first-order valence-corrected chi connectivity index (χ1v) is 9.62. The Kier molecular flexibility index (Phi) is 3.31. The summed E-state index contributed by atoms with van der Waals surface area (Å²) in [6, 6.07) is 7.93. The van der Waals surface area contributed by atoms with Gasteiger partial charge in [-0.15, -0.1) is 11.6 Å². The summed E-state index contributed by atoms with van der Waals surface area (Å²) in [6.45, 7) is 7.82. The number of hydrogen-bond donors (Lipinski definition) is 0. The molecular formula is C13H19ClOSi. The summed E-state index contributed by atoms with van der Waals surface area (Å²) in [5.41, 5.74) is 1.54. The largest absolute Gasteiger partial charge is 0.492 e. The summed E-state index contributed by atoms with van der Waals surface area (Å²) in [6.07, 6.45) is 0. The Labute approximate surface area is 104 Å². The molecule has 0 aliphatic carbocycles. The van der Waals surface area contributed by atoms with Crippen molar-refractivity contribution in [3.05, 3.63) is 23.8 Å². The maximum absolute atomic E-state index is 5.63. The van der Waals surface area contributed by atoms with E-state index in [2.05, 4.69) is 38.2 Å². The minimum atomic E-state index is -1.21. The highest BCUT2D eigenvalue weighted by Gasteiger charge is 2.36. The molecule has 16 heavy (non-hydrogen) atoms. The monoisotopic (exact) mass is 254 g/mol. The molecule has 0 fully saturated rings. The van der Waals surface area contributed by atoms with Crippen LogP contribution in [0.5, 0.6) is 5.75 Å². The van der Waals surface area contributed by atoms with Gasteiger partial charge < -0.3 is 4.74 Å². The van der Waals surface area contributed by atoms with E-state index in [4.69, 9.17) is 16.3 Å². The fraction of sp³-hybridized carbons (Fsp3) is 0.538. The normalized spacial score (nSPS) is 21.9. The van der Waals surface area contributed by atoms with E-state index in [0.29, 0.717) is 12.5 Å². The van der Waals surface area contributed by atoms with Crippen LogP contribution in [0.15, 0.2) is 18.2 Å². The van der Waals surface area contributed by atoms with Gasteiger partial charge in [-0.2, -0.15) is 0 Å². The van der Waals surface area contributed by atoms with Crippen molar-refractivity contribution >= 4 is 24.9 Å². The molecule has 0 spiro atoms. The van der Waals surface area contributed by atoms with Crippen molar-refractivity contribution in [2.24, 2.45) is 0 Å². The van der Waals surface area contributed by atoms with Gasteiger partial charge >= 0.3 is 0 Å². The summed E-state index contributed by atoms with van der Waals surface area (Å²) in [4.78, 5) is 0. The van der Waals surface area contributed by atoms with Crippen molar-refractivity contribution in [3.8, 4) is 5.75 Å². The molecule has 1 aliphatic heterocycles. The Bertz CT molecular complexity index is 390. The van der Waals surface area contributed by atoms with E-state index in [1.807, 2.05) is 0 Å². The highest BCUT2D eigenvalue weighted by Crippen LogP contribution is 2.34. The molecule has 88 valence electrons. The molecule has 3 heteroatoms. The summed E-state index contributed by atoms with van der Waals surface area (Å²) >= 11 is 5.63. The number of hydrogen-bond acceptors (Lipinski definition) is 1. The zero-order valence-electron chi connectivity index (χ0n) is 10.2. The molecule has 0 saturated heterocycles. The van der Waals surface area contributed by atoms with Crippen LogP contribution in [0.3, 0.4) is 0 Å². The van der Waals surface area contributed by atoms with E-state index in [-0.39, 0.29) is 0 Å². The van der Waals surface area contributed by atoms with E-state index in [0.717, 1.165) is 11.7 Å². The standard InChI is InChI=1S/C13H19ClOSi/c1-10-9-16(2,3)13-8-11(15-7-6-14)4-5-12(10)13/h4-5,8,10H,6-7,9H2,1-3H3/t10-/m0/s1. The zero-order chi connectivity index (χ0) is 11.8. The quantitative estimate of drug-likeness (QED) is 0.594. The van der Waals surface area contributed by atoms with Crippen LogP contribution in [-0.4, -0.2) is 20.6 Å². The smallest absolute Gasteiger partial charge is 0.119 e. The molecule has 1 nitrogen and oxygen atoms in total. The van der Waals surface area contributed by atoms with Crippen molar-refractivity contribution in [2.75, 3.05) is 12.5 Å². The van der Waals surface area contributed by atoms with Gasteiger partial charge in [0.05, 0.1) is 14.0 Å². The third kappa shape index (κ3) is 2.14. The van der Waals surface area contributed by atoms with E-state index in [9.17, 15) is 0 Å². The number of alkyl halides is 1. The number of ether oxygens (including phenoxy) is 1. The fourth-order valence-electron chi connectivity index (χ4n) is 2.78. The average molecular weight is 255 g/mol. The van der Waals surface area contributed by atoms with Crippen LogP contribution >= 0.6 is 11.6 Å². The van der Waals surface area contributed by atoms with Crippen molar-refractivity contribution in [3.63, 3.8) is 0 Å². The van der Waals surface area contributed by atoms with Crippen molar-refractivity contribution in [1.82, 2.24) is 0 Å². The van der Waals surface area contributed by atoms with Crippen LogP contribution in [0, 0.1) is 0 Å². The number of benzene rings is 1. The molecule has 0 N–H and O–H groups in total. The molecule has 1 aliphatic rings. The Hall–Kier alpha value is -0.473. The zero-order valence-corrected chi connectivity index (χ0v) is 12.0. The van der Waals surface area contributed by atoms with Crippen LogP contribution in [0.2, 0.25) is 19.1 Å². The third-order valence-electron chi connectivity index (χ3n) is 3.45. The van der Waals surface area contributed by atoms with Gasteiger partial charge in [-0.05, 0) is 29.7 Å². The molecule has 2 rings (SSSR count). The molecule has 1 aromatic carbocycles. The Balaban J connectivity index is 2.31. The second kappa shape index (κ2) is 4.42. The van der Waals surface area contributed by atoms with E-state index < -0.39 is 8.07 Å². The number of halogens is 1. The predicted molar refractivity (Wildman–Crippen MR) is 73.0 cm³/mol. The first-order valence-electron chi connectivity index (χ1n) is 5.88. The molecule has 1 atom stereocenters. The number of fused-ring (bicyclic) bond motifs is 1. The molecule has 1 heterocycles. The van der Waals surface area contributed by atoms with E-state index in [1.165, 1.54) is 11.6 Å². The van der Waals surface area contributed by atoms with Crippen LogP contribution in [0.1, 0.15) is 18.4 Å². The van der Waals surface area contributed by atoms with Gasteiger partial charge in [0, 0.05) is 0 Å². The lowest BCUT2D eigenvalue weighted by Crippen LogP contribution is -2.37. The lowest BCUT2D eigenvalue weighted by molar-refractivity contribution is 0.343. The van der Waals surface area contributed by atoms with Gasteiger partial charge in [0.15, 0.2) is 0 Å². The maximum atomic E-state index is 5.63. The lowest BCUT2D eigenvalue weighted by Gasteiger charge is -2.17. The Morgan fingerprint density at radius 1 is 1.44 bits per heavy atom. The molecule has 0 aromatic heterocycles. The highest BCUT2D eigenvalue weighted by molar-refractivity contribution is 6.91. The third-order valence-corrected chi connectivity index (χ3v) is 7.13. The van der Waals surface area contributed by atoms with Crippen LogP contribution in [0.25, 0.3) is 0 Å². The summed E-state index contributed by atoms with van der Waals surface area (Å²) in [7, 11) is -1.21. The van der Waals surface area contributed by atoms with Crippen molar-refractivity contribution in [2.45, 2.75) is 32.0 Å².